The van der Waals surface area contributed by atoms with Crippen LogP contribution < -0.4 is 5.32 Å². The van der Waals surface area contributed by atoms with Crippen molar-refractivity contribution < 1.29 is 0 Å². The van der Waals surface area contributed by atoms with Gasteiger partial charge in [0, 0.05) is 17.3 Å². The van der Waals surface area contributed by atoms with Gasteiger partial charge in [0.1, 0.15) is 11.8 Å². The van der Waals surface area contributed by atoms with Crippen molar-refractivity contribution in [2.24, 2.45) is 0 Å². The van der Waals surface area contributed by atoms with Crippen molar-refractivity contribution in [2.45, 2.75) is 19.9 Å². The number of anilines is 2. The van der Waals surface area contributed by atoms with Crippen molar-refractivity contribution in [2.75, 3.05) is 5.32 Å². The molecule has 3 aromatic heterocycles. The minimum absolute atomic E-state index is 0.750. The Morgan fingerprint density at radius 1 is 1.07 bits per heavy atom. The molecule has 2 aromatic carbocycles. The smallest absolute Gasteiger partial charge is 0.158 e. The van der Waals surface area contributed by atoms with Crippen LogP contribution in [0.3, 0.4) is 0 Å². The maximum absolute atomic E-state index is 4.57. The molecule has 6 nitrogen and oxygen atoms in total. The highest BCUT2D eigenvalue weighted by Gasteiger charge is 2.13. The van der Waals surface area contributed by atoms with Crippen molar-refractivity contribution in [3.63, 3.8) is 0 Å². The van der Waals surface area contributed by atoms with Crippen molar-refractivity contribution in [1.29, 1.82) is 0 Å². The summed E-state index contributed by atoms with van der Waals surface area (Å²) < 4.78 is 3.86. The molecule has 1 radical (unpaired) electrons. The highest BCUT2D eigenvalue weighted by molar-refractivity contribution is 5.85. The van der Waals surface area contributed by atoms with Gasteiger partial charge in [0.15, 0.2) is 5.82 Å². The topological polar surface area (TPSA) is 60.0 Å². The number of aromatic nitrogens is 5. The molecule has 6 heteroatoms. The SMILES string of the molecule is [CH2]c1cn2ncnc(Nc3ccc4c(cnn4Cc4ccccc4)c3)c2c1CC. The molecule has 3 heterocycles. The summed E-state index contributed by atoms with van der Waals surface area (Å²) >= 11 is 0. The number of aryl methyl sites for hydroxylation is 1. The van der Waals surface area contributed by atoms with Gasteiger partial charge in [-0.15, -0.1) is 0 Å². The average molecular weight is 381 g/mol. The van der Waals surface area contributed by atoms with Crippen LogP contribution in [0, 0.1) is 6.92 Å². The molecule has 0 aliphatic carbocycles. The van der Waals surface area contributed by atoms with Crippen LogP contribution in [0.1, 0.15) is 23.6 Å². The van der Waals surface area contributed by atoms with Crippen molar-refractivity contribution >= 4 is 27.9 Å². The van der Waals surface area contributed by atoms with Crippen molar-refractivity contribution in [3.05, 3.63) is 90.9 Å². The minimum atomic E-state index is 0.750. The summed E-state index contributed by atoms with van der Waals surface area (Å²) in [5.41, 5.74) is 6.40. The Labute approximate surface area is 168 Å². The Hall–Kier alpha value is -3.67. The molecule has 0 fully saturated rings. The molecular weight excluding hydrogens is 360 g/mol. The number of hydrogen-bond donors (Lipinski definition) is 1. The first-order valence-corrected chi connectivity index (χ1v) is 9.66. The predicted molar refractivity (Wildman–Crippen MR) is 115 cm³/mol. The van der Waals surface area contributed by atoms with Gasteiger partial charge in [-0.3, -0.25) is 4.68 Å². The molecular formula is C23H21N6. The van der Waals surface area contributed by atoms with E-state index in [9.17, 15) is 0 Å². The second-order valence-corrected chi connectivity index (χ2v) is 7.07. The zero-order valence-electron chi connectivity index (χ0n) is 16.2. The van der Waals surface area contributed by atoms with Crippen molar-refractivity contribution in [3.8, 4) is 0 Å². The van der Waals surface area contributed by atoms with E-state index in [1.165, 1.54) is 5.56 Å². The van der Waals surface area contributed by atoms with E-state index in [2.05, 4.69) is 76.8 Å². The van der Waals surface area contributed by atoms with Crippen LogP contribution >= 0.6 is 0 Å². The van der Waals surface area contributed by atoms with Gasteiger partial charge in [-0.25, -0.2) is 9.50 Å². The monoisotopic (exact) mass is 381 g/mol. The number of nitrogens with one attached hydrogen (secondary N) is 1. The number of nitrogens with zero attached hydrogens (tertiary/aromatic N) is 5. The molecule has 0 spiro atoms. The summed E-state index contributed by atoms with van der Waals surface area (Å²) in [5.74, 6) is 0.780. The first kappa shape index (κ1) is 17.4. The Balaban J connectivity index is 1.49. The largest absolute Gasteiger partial charge is 0.338 e. The normalized spacial score (nSPS) is 11.4. The van der Waals surface area contributed by atoms with Crippen molar-refractivity contribution in [1.82, 2.24) is 24.4 Å². The van der Waals surface area contributed by atoms with E-state index in [-0.39, 0.29) is 0 Å². The van der Waals surface area contributed by atoms with Crippen LogP contribution in [0.5, 0.6) is 0 Å². The number of fused-ring (bicyclic) bond motifs is 2. The fourth-order valence-corrected chi connectivity index (χ4v) is 3.79. The molecule has 0 atom stereocenters. The summed E-state index contributed by atoms with van der Waals surface area (Å²) in [4.78, 5) is 4.47. The molecule has 0 aliphatic rings. The summed E-state index contributed by atoms with van der Waals surface area (Å²) in [5, 5.41) is 13.4. The number of hydrogen-bond acceptors (Lipinski definition) is 4. The molecule has 0 saturated heterocycles. The molecule has 143 valence electrons. The molecule has 1 N–H and O–H groups in total. The maximum atomic E-state index is 4.57. The molecule has 29 heavy (non-hydrogen) atoms. The highest BCUT2D eigenvalue weighted by atomic mass is 15.3. The molecule has 0 bridgehead atoms. The van der Waals surface area contributed by atoms with E-state index in [1.807, 2.05) is 27.7 Å². The minimum Gasteiger partial charge on any atom is -0.338 e. The third-order valence-electron chi connectivity index (χ3n) is 5.20. The molecule has 0 amide bonds. The lowest BCUT2D eigenvalue weighted by Gasteiger charge is -2.09. The van der Waals surface area contributed by atoms with Gasteiger partial charge in [-0.05, 0) is 48.2 Å². The zero-order chi connectivity index (χ0) is 19.8. The lowest BCUT2D eigenvalue weighted by Crippen LogP contribution is -2.02. The Bertz CT molecular complexity index is 1300. The van der Waals surface area contributed by atoms with E-state index >= 15 is 0 Å². The summed E-state index contributed by atoms with van der Waals surface area (Å²) in [6, 6.07) is 16.6. The van der Waals surface area contributed by atoms with Gasteiger partial charge in [-0.2, -0.15) is 10.2 Å². The van der Waals surface area contributed by atoms with Gasteiger partial charge in [0.05, 0.1) is 18.3 Å². The van der Waals surface area contributed by atoms with E-state index in [4.69, 9.17) is 0 Å². The van der Waals surface area contributed by atoms with Gasteiger partial charge in [0.2, 0.25) is 0 Å². The fraction of sp³-hybridized carbons (Fsp3) is 0.130. The van der Waals surface area contributed by atoms with E-state index in [0.717, 1.165) is 52.0 Å². The number of rotatable bonds is 5. The third kappa shape index (κ3) is 3.12. The van der Waals surface area contributed by atoms with E-state index in [0.29, 0.717) is 0 Å². The quantitative estimate of drug-likeness (QED) is 0.483. The third-order valence-corrected chi connectivity index (χ3v) is 5.20. The van der Waals surface area contributed by atoms with Gasteiger partial charge >= 0.3 is 0 Å². The van der Waals surface area contributed by atoms with Crippen LogP contribution in [-0.4, -0.2) is 24.4 Å². The van der Waals surface area contributed by atoms with E-state index < -0.39 is 0 Å². The number of benzene rings is 2. The van der Waals surface area contributed by atoms with Crippen LogP contribution in [0.25, 0.3) is 16.4 Å². The summed E-state index contributed by atoms with van der Waals surface area (Å²) in [6.45, 7) is 7.00. The molecule has 0 aliphatic heterocycles. The Morgan fingerprint density at radius 2 is 1.93 bits per heavy atom. The zero-order valence-corrected chi connectivity index (χ0v) is 16.2. The Kier molecular flexibility index (Phi) is 4.24. The molecule has 0 saturated carbocycles. The lowest BCUT2D eigenvalue weighted by atomic mass is 10.1. The Morgan fingerprint density at radius 3 is 2.76 bits per heavy atom. The maximum Gasteiger partial charge on any atom is 0.158 e. The van der Waals surface area contributed by atoms with Gasteiger partial charge in [-0.1, -0.05) is 37.3 Å². The average Bonchev–Trinajstić information content (AvgIpc) is 3.29. The van der Waals surface area contributed by atoms with Crippen LogP contribution in [0.15, 0.2) is 67.3 Å². The molecule has 0 unspecified atom stereocenters. The summed E-state index contributed by atoms with van der Waals surface area (Å²) in [6.07, 6.45) is 6.28. The van der Waals surface area contributed by atoms with E-state index in [1.54, 1.807) is 6.33 Å². The molecule has 5 aromatic rings. The van der Waals surface area contributed by atoms with Gasteiger partial charge in [0.25, 0.3) is 0 Å². The standard InChI is InChI=1S/C23H21N6/c1-3-20-16(2)13-29-22(20)23(24-15-26-29)27-19-9-10-21-18(11-19)12-25-28(21)14-17-7-5-4-6-8-17/h4-13,15H,2-3,14H2,1H3,(H,24,26,27). The second kappa shape index (κ2) is 7.05. The lowest BCUT2D eigenvalue weighted by molar-refractivity contribution is 0.712. The predicted octanol–water partition coefficient (Wildman–Crippen LogP) is 4.62. The van der Waals surface area contributed by atoms with Crippen LogP contribution in [0.2, 0.25) is 0 Å². The highest BCUT2D eigenvalue weighted by Crippen LogP contribution is 2.27. The van der Waals surface area contributed by atoms with Gasteiger partial charge < -0.3 is 5.32 Å². The van der Waals surface area contributed by atoms with Crippen LogP contribution in [-0.2, 0) is 13.0 Å². The first-order chi connectivity index (χ1) is 14.2. The fourth-order valence-electron chi connectivity index (χ4n) is 3.79. The van der Waals surface area contributed by atoms with Crippen LogP contribution in [0.4, 0.5) is 11.5 Å². The summed E-state index contributed by atoms with van der Waals surface area (Å²) in [7, 11) is 0. The molecule has 5 rings (SSSR count). The first-order valence-electron chi connectivity index (χ1n) is 9.66. The second-order valence-electron chi connectivity index (χ2n) is 7.07.